The van der Waals surface area contributed by atoms with Crippen molar-refractivity contribution in [2.75, 3.05) is 9.44 Å². The van der Waals surface area contributed by atoms with E-state index in [0.717, 1.165) is 0 Å². The van der Waals surface area contributed by atoms with Crippen molar-refractivity contribution in [2.45, 2.75) is 37.8 Å². The van der Waals surface area contributed by atoms with Crippen LogP contribution in [0.3, 0.4) is 0 Å². The topological polar surface area (TPSA) is 81.8 Å². The van der Waals surface area contributed by atoms with Crippen molar-refractivity contribution < 1.29 is 49.7 Å². The van der Waals surface area contributed by atoms with Crippen molar-refractivity contribution in [1.29, 1.82) is 0 Å². The maximum absolute atomic E-state index is 14.2. The van der Waals surface area contributed by atoms with E-state index in [-0.39, 0.29) is 4.43 Å². The quantitative estimate of drug-likeness (QED) is 0.261. The van der Waals surface area contributed by atoms with Gasteiger partial charge in [-0.15, -0.1) is 0 Å². The van der Waals surface area contributed by atoms with E-state index < -0.39 is 70.5 Å². The molecule has 0 radical (unpaired) electrons. The zero-order valence-electron chi connectivity index (χ0n) is 17.9. The molecule has 0 bridgehead atoms. The SMILES string of the molecule is CC(CI)C1(C(O)c2ccc(C(F)(F)F)cn2)C(C(F)(F)F)=NN(c2ccc(C(F)(F)F)cn2)C1O. The van der Waals surface area contributed by atoms with Gasteiger partial charge in [0.15, 0.2) is 17.8 Å². The molecule has 0 aliphatic carbocycles. The molecule has 4 atom stereocenters. The van der Waals surface area contributed by atoms with Crippen LogP contribution in [0.4, 0.5) is 45.3 Å². The van der Waals surface area contributed by atoms with Gasteiger partial charge in [0.05, 0.1) is 16.8 Å². The summed E-state index contributed by atoms with van der Waals surface area (Å²) in [5.74, 6) is -1.81. The number of alkyl halides is 10. The summed E-state index contributed by atoms with van der Waals surface area (Å²) in [6.07, 6.45) is -18.9. The lowest BCUT2D eigenvalue weighted by molar-refractivity contribution is -0.138. The number of hydrogen-bond acceptors (Lipinski definition) is 6. The lowest BCUT2D eigenvalue weighted by atomic mass is 9.66. The minimum Gasteiger partial charge on any atom is -0.386 e. The number of hydrazone groups is 1. The number of pyridine rings is 2. The van der Waals surface area contributed by atoms with E-state index in [1.807, 2.05) is 0 Å². The van der Waals surface area contributed by atoms with Gasteiger partial charge in [0.2, 0.25) is 0 Å². The third-order valence-electron chi connectivity index (χ3n) is 5.75. The van der Waals surface area contributed by atoms with Gasteiger partial charge < -0.3 is 10.2 Å². The van der Waals surface area contributed by atoms with Gasteiger partial charge in [-0.05, 0) is 30.2 Å². The molecule has 3 heterocycles. The maximum atomic E-state index is 14.2. The Labute approximate surface area is 211 Å². The highest BCUT2D eigenvalue weighted by Gasteiger charge is 2.66. The molecule has 16 heteroatoms. The maximum Gasteiger partial charge on any atom is 0.432 e. The molecule has 198 valence electrons. The van der Waals surface area contributed by atoms with Crippen molar-refractivity contribution in [3.8, 4) is 0 Å². The van der Waals surface area contributed by atoms with Gasteiger partial charge in [0.25, 0.3) is 0 Å². The largest absolute Gasteiger partial charge is 0.432 e. The van der Waals surface area contributed by atoms with Crippen LogP contribution in [0.1, 0.15) is 29.8 Å². The van der Waals surface area contributed by atoms with Gasteiger partial charge >= 0.3 is 18.5 Å². The van der Waals surface area contributed by atoms with Gasteiger partial charge in [-0.3, -0.25) is 4.98 Å². The molecule has 0 saturated carbocycles. The molecule has 6 nitrogen and oxygen atoms in total. The van der Waals surface area contributed by atoms with E-state index in [1.165, 1.54) is 6.92 Å². The molecular formula is C20H16F9IN4O2. The Hall–Kier alpha value is -2.21. The molecular weight excluding hydrogens is 626 g/mol. The van der Waals surface area contributed by atoms with Crippen molar-refractivity contribution in [3.05, 3.63) is 53.5 Å². The smallest absolute Gasteiger partial charge is 0.386 e. The number of hydrogen-bond donors (Lipinski definition) is 2. The Balaban J connectivity index is 2.16. The third-order valence-corrected chi connectivity index (χ3v) is 7.07. The van der Waals surface area contributed by atoms with Crippen LogP contribution in [0.25, 0.3) is 0 Å². The Kier molecular flexibility index (Phi) is 7.55. The number of halogens is 10. The van der Waals surface area contributed by atoms with Crippen LogP contribution in [0.5, 0.6) is 0 Å². The second kappa shape index (κ2) is 9.59. The fourth-order valence-electron chi connectivity index (χ4n) is 3.88. The molecule has 0 spiro atoms. The number of anilines is 1. The Morgan fingerprint density at radius 2 is 1.44 bits per heavy atom. The highest BCUT2D eigenvalue weighted by molar-refractivity contribution is 14.1. The van der Waals surface area contributed by atoms with Gasteiger partial charge in [-0.1, -0.05) is 29.5 Å². The molecule has 2 aromatic rings. The fraction of sp³-hybridized carbons (Fsp3) is 0.450. The Bertz CT molecular complexity index is 1100. The van der Waals surface area contributed by atoms with E-state index in [9.17, 15) is 49.7 Å². The summed E-state index contributed by atoms with van der Waals surface area (Å²) < 4.78 is 120. The number of rotatable bonds is 5. The molecule has 0 aromatic carbocycles. The van der Waals surface area contributed by atoms with Crippen LogP contribution < -0.4 is 5.01 Å². The lowest BCUT2D eigenvalue weighted by Crippen LogP contribution is -2.56. The first-order valence-electron chi connectivity index (χ1n) is 9.89. The zero-order chi connectivity index (χ0) is 27.3. The van der Waals surface area contributed by atoms with Crippen LogP contribution in [0.15, 0.2) is 41.8 Å². The summed E-state index contributed by atoms with van der Waals surface area (Å²) in [5, 5.41) is 25.9. The Morgan fingerprint density at radius 1 is 0.917 bits per heavy atom. The molecule has 4 unspecified atom stereocenters. The van der Waals surface area contributed by atoms with E-state index in [0.29, 0.717) is 41.7 Å². The third kappa shape index (κ3) is 4.98. The van der Waals surface area contributed by atoms with Crippen LogP contribution >= 0.6 is 22.6 Å². The van der Waals surface area contributed by atoms with Crippen LogP contribution in [0.2, 0.25) is 0 Å². The highest BCUT2D eigenvalue weighted by Crippen LogP contribution is 2.54. The van der Waals surface area contributed by atoms with Crippen molar-refractivity contribution in [2.24, 2.45) is 16.4 Å². The molecule has 0 saturated heterocycles. The predicted octanol–water partition coefficient (Wildman–Crippen LogP) is 5.36. The fourth-order valence-corrected chi connectivity index (χ4v) is 4.61. The average Bonchev–Trinajstić information content (AvgIpc) is 3.11. The number of nitrogens with zero attached hydrogens (tertiary/aromatic N) is 4. The van der Waals surface area contributed by atoms with Gasteiger partial charge in [0, 0.05) is 16.8 Å². The standard InChI is InChI=1S/C20H16F9IN4O2/c1-9(6-30)17(14(35)12-4-2-10(7-31-12)18(21,22)23)15(20(27,28)29)33-34(16(17)36)13-5-3-11(8-32-13)19(24,25)26/h2-5,7-9,14,16,35-36H,6H2,1H3. The van der Waals surface area contributed by atoms with Crippen molar-refractivity contribution in [1.82, 2.24) is 9.97 Å². The molecule has 2 N–H and O–H groups in total. The summed E-state index contributed by atoms with van der Waals surface area (Å²) in [5.41, 5.74) is -7.43. The summed E-state index contributed by atoms with van der Waals surface area (Å²) in [6, 6.07) is 2.40. The molecule has 0 fully saturated rings. The van der Waals surface area contributed by atoms with E-state index in [4.69, 9.17) is 0 Å². The Morgan fingerprint density at radius 3 is 1.83 bits per heavy atom. The summed E-state index contributed by atoms with van der Waals surface area (Å²) in [7, 11) is 0. The molecule has 1 aliphatic heterocycles. The lowest BCUT2D eigenvalue weighted by Gasteiger charge is -2.42. The van der Waals surface area contributed by atoms with Crippen molar-refractivity contribution in [3.63, 3.8) is 0 Å². The van der Waals surface area contributed by atoms with Crippen molar-refractivity contribution >= 4 is 34.1 Å². The highest BCUT2D eigenvalue weighted by atomic mass is 127. The molecule has 1 aliphatic rings. The zero-order valence-corrected chi connectivity index (χ0v) is 20.0. The van der Waals surface area contributed by atoms with Gasteiger partial charge in [-0.25, -0.2) is 9.99 Å². The predicted molar refractivity (Wildman–Crippen MR) is 116 cm³/mol. The average molecular weight is 642 g/mol. The summed E-state index contributed by atoms with van der Waals surface area (Å²) >= 11 is 1.69. The minimum absolute atomic E-state index is 0.101. The normalized spacial score (nSPS) is 23.0. The van der Waals surface area contributed by atoms with Crippen LogP contribution in [-0.2, 0) is 12.4 Å². The van der Waals surface area contributed by atoms with Gasteiger partial charge in [0.1, 0.15) is 11.5 Å². The van der Waals surface area contributed by atoms with Crippen LogP contribution in [0, 0.1) is 11.3 Å². The summed E-state index contributed by atoms with van der Waals surface area (Å²) in [4.78, 5) is 6.94. The second-order valence-corrected chi connectivity index (χ2v) is 8.81. The minimum atomic E-state index is -5.27. The van der Waals surface area contributed by atoms with Gasteiger partial charge in [-0.2, -0.15) is 44.6 Å². The number of aliphatic hydroxyl groups excluding tert-OH is 2. The van der Waals surface area contributed by atoms with E-state index in [2.05, 4.69) is 15.1 Å². The van der Waals surface area contributed by atoms with E-state index in [1.54, 1.807) is 22.6 Å². The monoisotopic (exact) mass is 642 g/mol. The second-order valence-electron chi connectivity index (χ2n) is 7.93. The first-order chi connectivity index (χ1) is 16.5. The number of aliphatic hydroxyl groups is 2. The van der Waals surface area contributed by atoms with Crippen LogP contribution in [-0.4, -0.2) is 42.7 Å². The number of aromatic nitrogens is 2. The first kappa shape index (κ1) is 28.4. The summed E-state index contributed by atoms with van der Waals surface area (Å²) in [6.45, 7) is 1.24. The molecule has 2 aromatic heterocycles. The molecule has 0 amide bonds. The molecule has 3 rings (SSSR count). The first-order valence-corrected chi connectivity index (χ1v) is 11.4. The molecule has 36 heavy (non-hydrogen) atoms. The van der Waals surface area contributed by atoms with E-state index >= 15 is 0 Å².